The number of aliphatic hydroxyl groups excluding tert-OH is 1. The lowest BCUT2D eigenvalue weighted by Crippen LogP contribution is -2.13. The van der Waals surface area contributed by atoms with Crippen molar-refractivity contribution in [2.45, 2.75) is 32.9 Å². The molecule has 0 bridgehead atoms. The third-order valence-electron chi connectivity index (χ3n) is 3.16. The van der Waals surface area contributed by atoms with E-state index in [2.05, 4.69) is 23.9 Å². The molecule has 6 heteroatoms. The number of methoxy groups -OCH3 is 1. The number of hydrogen-bond acceptors (Lipinski definition) is 4. The lowest BCUT2D eigenvalue weighted by Gasteiger charge is -2.16. The van der Waals surface area contributed by atoms with Crippen LogP contribution >= 0.6 is 11.6 Å². The average Bonchev–Trinajstić information content (AvgIpc) is 2.85. The number of halogens is 1. The Kier molecular flexibility index (Phi) is 5.20. The van der Waals surface area contributed by atoms with E-state index in [0.717, 1.165) is 12.4 Å². The zero-order chi connectivity index (χ0) is 15.4. The number of benzene rings is 1. The SMILES string of the molecule is COc1ccc(Cl)cc1C(O)Cc1ncnn1CC(C)C. The Balaban J connectivity index is 2.20. The molecule has 0 spiro atoms. The molecule has 5 nitrogen and oxygen atoms in total. The number of hydrogen-bond donors (Lipinski definition) is 1. The predicted octanol–water partition coefficient (Wildman–Crippen LogP) is 2.87. The first-order chi connectivity index (χ1) is 10.0. The fraction of sp³-hybridized carbons (Fsp3) is 0.467. The van der Waals surface area contributed by atoms with Gasteiger partial charge < -0.3 is 9.84 Å². The second-order valence-corrected chi connectivity index (χ2v) is 5.79. The van der Waals surface area contributed by atoms with Gasteiger partial charge in [0.15, 0.2) is 0 Å². The van der Waals surface area contributed by atoms with Gasteiger partial charge in [0.25, 0.3) is 0 Å². The number of aliphatic hydroxyl groups is 1. The van der Waals surface area contributed by atoms with Crippen molar-refractivity contribution in [2.24, 2.45) is 5.92 Å². The monoisotopic (exact) mass is 309 g/mol. The highest BCUT2D eigenvalue weighted by atomic mass is 35.5. The van der Waals surface area contributed by atoms with Crippen LogP contribution in [-0.4, -0.2) is 27.0 Å². The Morgan fingerprint density at radius 3 is 2.81 bits per heavy atom. The first-order valence-corrected chi connectivity index (χ1v) is 7.27. The van der Waals surface area contributed by atoms with E-state index in [1.165, 1.54) is 6.33 Å². The van der Waals surface area contributed by atoms with Crippen LogP contribution in [0.5, 0.6) is 5.75 Å². The van der Waals surface area contributed by atoms with Gasteiger partial charge in [-0.25, -0.2) is 9.67 Å². The van der Waals surface area contributed by atoms with E-state index in [4.69, 9.17) is 16.3 Å². The van der Waals surface area contributed by atoms with Crippen molar-refractivity contribution in [3.8, 4) is 5.75 Å². The second kappa shape index (κ2) is 6.91. The van der Waals surface area contributed by atoms with E-state index in [-0.39, 0.29) is 0 Å². The lowest BCUT2D eigenvalue weighted by molar-refractivity contribution is 0.169. The summed E-state index contributed by atoms with van der Waals surface area (Å²) in [4.78, 5) is 4.23. The fourth-order valence-corrected chi connectivity index (χ4v) is 2.37. The van der Waals surface area contributed by atoms with E-state index in [9.17, 15) is 5.11 Å². The highest BCUT2D eigenvalue weighted by Crippen LogP contribution is 2.30. The zero-order valence-electron chi connectivity index (χ0n) is 12.5. The maximum absolute atomic E-state index is 10.5. The molecular weight excluding hydrogens is 290 g/mol. The molecule has 1 heterocycles. The van der Waals surface area contributed by atoms with Crippen LogP contribution < -0.4 is 4.74 Å². The molecule has 114 valence electrons. The van der Waals surface area contributed by atoms with Gasteiger partial charge in [0.1, 0.15) is 17.9 Å². The molecule has 0 saturated heterocycles. The minimum absolute atomic E-state index is 0.365. The Bertz CT molecular complexity index is 598. The Labute approximate surface area is 129 Å². The minimum atomic E-state index is -0.742. The largest absolute Gasteiger partial charge is 0.496 e. The average molecular weight is 310 g/mol. The number of nitrogens with zero attached hydrogens (tertiary/aromatic N) is 3. The summed E-state index contributed by atoms with van der Waals surface area (Å²) in [6.45, 7) is 5.00. The fourth-order valence-electron chi connectivity index (χ4n) is 2.19. The summed E-state index contributed by atoms with van der Waals surface area (Å²) in [5.74, 6) is 1.82. The molecule has 0 aliphatic carbocycles. The summed E-state index contributed by atoms with van der Waals surface area (Å²) in [7, 11) is 1.57. The highest BCUT2D eigenvalue weighted by Gasteiger charge is 2.18. The molecule has 2 rings (SSSR count). The van der Waals surface area contributed by atoms with E-state index in [0.29, 0.717) is 28.7 Å². The highest BCUT2D eigenvalue weighted by molar-refractivity contribution is 6.30. The van der Waals surface area contributed by atoms with Crippen molar-refractivity contribution in [1.29, 1.82) is 0 Å². The van der Waals surface area contributed by atoms with Crippen LogP contribution in [0, 0.1) is 5.92 Å². The van der Waals surface area contributed by atoms with E-state index < -0.39 is 6.10 Å². The lowest BCUT2D eigenvalue weighted by atomic mass is 10.0. The van der Waals surface area contributed by atoms with Crippen molar-refractivity contribution < 1.29 is 9.84 Å². The van der Waals surface area contributed by atoms with Gasteiger partial charge in [0.2, 0.25) is 0 Å². The van der Waals surface area contributed by atoms with Crippen LogP contribution in [0.3, 0.4) is 0 Å². The summed E-state index contributed by atoms with van der Waals surface area (Å²) in [6.07, 6.45) is 1.14. The van der Waals surface area contributed by atoms with Crippen LogP contribution in [0.4, 0.5) is 0 Å². The van der Waals surface area contributed by atoms with Crippen molar-refractivity contribution >= 4 is 11.6 Å². The molecule has 0 radical (unpaired) electrons. The smallest absolute Gasteiger partial charge is 0.138 e. The van der Waals surface area contributed by atoms with Gasteiger partial charge in [-0.05, 0) is 24.1 Å². The Hall–Kier alpha value is -1.59. The number of aromatic nitrogens is 3. The van der Waals surface area contributed by atoms with Gasteiger partial charge in [-0.15, -0.1) is 0 Å². The van der Waals surface area contributed by atoms with Gasteiger partial charge >= 0.3 is 0 Å². The van der Waals surface area contributed by atoms with Crippen molar-refractivity contribution in [2.75, 3.05) is 7.11 Å². The third-order valence-corrected chi connectivity index (χ3v) is 3.40. The molecule has 0 fully saturated rings. The third kappa shape index (κ3) is 3.95. The summed E-state index contributed by atoms with van der Waals surface area (Å²) >= 11 is 6.00. The maximum Gasteiger partial charge on any atom is 0.138 e. The molecule has 0 saturated carbocycles. The zero-order valence-corrected chi connectivity index (χ0v) is 13.2. The first kappa shape index (κ1) is 15.8. The number of rotatable bonds is 6. The van der Waals surface area contributed by atoms with Crippen molar-refractivity contribution in [3.63, 3.8) is 0 Å². The van der Waals surface area contributed by atoms with Gasteiger partial charge in [-0.2, -0.15) is 5.10 Å². The van der Waals surface area contributed by atoms with Crippen LogP contribution in [0.1, 0.15) is 31.3 Å². The molecular formula is C15H20ClN3O2. The predicted molar refractivity (Wildman–Crippen MR) is 81.5 cm³/mol. The second-order valence-electron chi connectivity index (χ2n) is 5.36. The molecule has 0 amide bonds. The van der Waals surface area contributed by atoms with Gasteiger partial charge in [-0.1, -0.05) is 25.4 Å². The van der Waals surface area contributed by atoms with Crippen LogP contribution in [0.2, 0.25) is 5.02 Å². The van der Waals surface area contributed by atoms with Gasteiger partial charge in [0.05, 0.1) is 13.2 Å². The molecule has 1 unspecified atom stereocenters. The quantitative estimate of drug-likeness (QED) is 0.891. The molecule has 1 aromatic heterocycles. The van der Waals surface area contributed by atoms with E-state index >= 15 is 0 Å². The van der Waals surface area contributed by atoms with Crippen LogP contribution in [-0.2, 0) is 13.0 Å². The van der Waals surface area contributed by atoms with Crippen molar-refractivity contribution in [1.82, 2.24) is 14.8 Å². The van der Waals surface area contributed by atoms with Gasteiger partial charge in [-0.3, -0.25) is 0 Å². The Morgan fingerprint density at radius 2 is 2.14 bits per heavy atom. The summed E-state index contributed by atoms with van der Waals surface area (Å²) in [5, 5.41) is 15.2. The molecule has 1 N–H and O–H groups in total. The first-order valence-electron chi connectivity index (χ1n) is 6.89. The molecule has 2 aromatic rings. The molecule has 0 aliphatic rings. The van der Waals surface area contributed by atoms with Gasteiger partial charge in [0, 0.05) is 23.6 Å². The molecule has 1 aromatic carbocycles. The van der Waals surface area contributed by atoms with E-state index in [1.807, 2.05) is 4.68 Å². The topological polar surface area (TPSA) is 60.2 Å². The standard InChI is InChI=1S/C15H20ClN3O2/c1-10(2)8-19-15(17-9-18-19)7-13(20)12-6-11(16)4-5-14(12)21-3/h4-6,9-10,13,20H,7-8H2,1-3H3. The van der Waals surface area contributed by atoms with Crippen LogP contribution in [0.25, 0.3) is 0 Å². The summed E-state index contributed by atoms with van der Waals surface area (Å²) < 4.78 is 7.10. The number of ether oxygens (including phenoxy) is 1. The maximum atomic E-state index is 10.5. The molecule has 0 aliphatic heterocycles. The minimum Gasteiger partial charge on any atom is -0.496 e. The van der Waals surface area contributed by atoms with Crippen molar-refractivity contribution in [3.05, 3.63) is 40.9 Å². The normalized spacial score (nSPS) is 12.7. The summed E-state index contributed by atoms with van der Waals surface area (Å²) in [5.41, 5.74) is 0.657. The van der Waals surface area contributed by atoms with Crippen LogP contribution in [0.15, 0.2) is 24.5 Å². The molecule has 1 atom stereocenters. The Morgan fingerprint density at radius 1 is 1.38 bits per heavy atom. The molecule has 21 heavy (non-hydrogen) atoms. The van der Waals surface area contributed by atoms with E-state index in [1.54, 1.807) is 25.3 Å². The summed E-state index contributed by atoms with van der Waals surface area (Å²) in [6, 6.07) is 5.20.